The van der Waals surface area contributed by atoms with E-state index in [1.165, 1.54) is 0 Å². The molecule has 0 aliphatic carbocycles. The minimum Gasteiger partial charge on any atom is -0.423 e. The highest BCUT2D eigenvalue weighted by molar-refractivity contribution is 9.10. The summed E-state index contributed by atoms with van der Waals surface area (Å²) in [5, 5.41) is 0. The third-order valence-corrected chi connectivity index (χ3v) is 3.15. The van der Waals surface area contributed by atoms with Crippen LogP contribution >= 0.6 is 15.9 Å². The van der Waals surface area contributed by atoms with Crippen molar-refractivity contribution >= 4 is 15.9 Å². The highest BCUT2D eigenvalue weighted by Gasteiger charge is 2.06. The molecule has 0 radical (unpaired) electrons. The SMILES string of the molecule is Cc1ccc(Oc2ncc(CC(C)N)cn2)c(Br)c1. The number of hydrogen-bond acceptors (Lipinski definition) is 4. The van der Waals surface area contributed by atoms with Crippen LogP contribution in [-0.4, -0.2) is 16.0 Å². The van der Waals surface area contributed by atoms with E-state index in [1.807, 2.05) is 32.0 Å². The molecule has 0 saturated heterocycles. The van der Waals surface area contributed by atoms with E-state index in [1.54, 1.807) is 12.4 Å². The minimum atomic E-state index is 0.0987. The molecule has 5 heteroatoms. The maximum absolute atomic E-state index is 5.73. The predicted molar refractivity (Wildman–Crippen MR) is 78.3 cm³/mol. The van der Waals surface area contributed by atoms with Gasteiger partial charge in [-0.2, -0.15) is 0 Å². The Bertz CT molecular complexity index is 555. The number of nitrogens with zero attached hydrogens (tertiary/aromatic N) is 2. The van der Waals surface area contributed by atoms with E-state index in [0.29, 0.717) is 11.8 Å². The zero-order chi connectivity index (χ0) is 13.8. The van der Waals surface area contributed by atoms with Gasteiger partial charge in [-0.3, -0.25) is 0 Å². The third kappa shape index (κ3) is 4.01. The van der Waals surface area contributed by atoms with E-state index in [0.717, 1.165) is 22.0 Å². The fourth-order valence-electron chi connectivity index (χ4n) is 1.66. The molecular weight excluding hydrogens is 306 g/mol. The summed E-state index contributed by atoms with van der Waals surface area (Å²) in [5.74, 6) is 0.700. The van der Waals surface area contributed by atoms with Crippen LogP contribution < -0.4 is 10.5 Å². The molecule has 100 valence electrons. The average molecular weight is 322 g/mol. The lowest BCUT2D eigenvalue weighted by Gasteiger charge is -2.08. The molecular formula is C14H16BrN3O. The van der Waals surface area contributed by atoms with Gasteiger partial charge < -0.3 is 10.5 Å². The van der Waals surface area contributed by atoms with Crippen molar-refractivity contribution in [3.8, 4) is 11.8 Å². The van der Waals surface area contributed by atoms with Gasteiger partial charge in [-0.15, -0.1) is 0 Å². The summed E-state index contributed by atoms with van der Waals surface area (Å²) in [7, 11) is 0. The highest BCUT2D eigenvalue weighted by Crippen LogP contribution is 2.28. The largest absolute Gasteiger partial charge is 0.423 e. The molecule has 0 bridgehead atoms. The summed E-state index contributed by atoms with van der Waals surface area (Å²) in [6.07, 6.45) is 4.25. The molecule has 19 heavy (non-hydrogen) atoms. The second-order valence-electron chi connectivity index (χ2n) is 4.59. The second-order valence-corrected chi connectivity index (χ2v) is 5.45. The molecule has 0 saturated carbocycles. The zero-order valence-corrected chi connectivity index (χ0v) is 12.5. The first-order chi connectivity index (χ1) is 9.04. The molecule has 2 rings (SSSR count). The van der Waals surface area contributed by atoms with Crippen LogP contribution in [0.4, 0.5) is 0 Å². The second kappa shape index (κ2) is 6.12. The summed E-state index contributed by atoms with van der Waals surface area (Å²) < 4.78 is 6.51. The van der Waals surface area contributed by atoms with Gasteiger partial charge in [0.2, 0.25) is 0 Å². The molecule has 0 aliphatic heterocycles. The predicted octanol–water partition coefficient (Wildman–Crippen LogP) is 3.23. The lowest BCUT2D eigenvalue weighted by atomic mass is 10.1. The van der Waals surface area contributed by atoms with Crippen LogP contribution in [-0.2, 0) is 6.42 Å². The van der Waals surface area contributed by atoms with E-state index in [2.05, 4.69) is 25.9 Å². The lowest BCUT2D eigenvalue weighted by molar-refractivity contribution is 0.438. The molecule has 1 aromatic heterocycles. The Morgan fingerprint density at radius 1 is 1.32 bits per heavy atom. The van der Waals surface area contributed by atoms with E-state index >= 15 is 0 Å². The Morgan fingerprint density at radius 2 is 2.00 bits per heavy atom. The van der Waals surface area contributed by atoms with Gasteiger partial charge in [0.15, 0.2) is 0 Å². The summed E-state index contributed by atoms with van der Waals surface area (Å²) in [5.41, 5.74) is 7.89. The molecule has 1 atom stereocenters. The van der Waals surface area contributed by atoms with Gasteiger partial charge in [0.1, 0.15) is 5.75 Å². The van der Waals surface area contributed by atoms with E-state index in [9.17, 15) is 0 Å². The molecule has 0 fully saturated rings. The molecule has 2 N–H and O–H groups in total. The molecule has 1 unspecified atom stereocenters. The zero-order valence-electron chi connectivity index (χ0n) is 10.9. The van der Waals surface area contributed by atoms with Crippen LogP contribution in [0.25, 0.3) is 0 Å². The molecule has 1 heterocycles. The van der Waals surface area contributed by atoms with E-state index in [-0.39, 0.29) is 6.04 Å². The first-order valence-electron chi connectivity index (χ1n) is 6.05. The van der Waals surface area contributed by atoms with Gasteiger partial charge in [-0.1, -0.05) is 6.07 Å². The first-order valence-corrected chi connectivity index (χ1v) is 6.84. The fraction of sp³-hybridized carbons (Fsp3) is 0.286. The van der Waals surface area contributed by atoms with Gasteiger partial charge in [0.05, 0.1) is 4.47 Å². The van der Waals surface area contributed by atoms with Crippen molar-refractivity contribution in [2.75, 3.05) is 0 Å². The van der Waals surface area contributed by atoms with Crippen LogP contribution in [0.5, 0.6) is 11.8 Å². The number of ether oxygens (including phenoxy) is 1. The Hall–Kier alpha value is -1.46. The van der Waals surface area contributed by atoms with Gasteiger partial charge in [0.25, 0.3) is 0 Å². The number of benzene rings is 1. The Kier molecular flexibility index (Phi) is 4.50. The van der Waals surface area contributed by atoms with E-state index in [4.69, 9.17) is 10.5 Å². The van der Waals surface area contributed by atoms with E-state index < -0.39 is 0 Å². The smallest absolute Gasteiger partial charge is 0.321 e. The van der Waals surface area contributed by atoms with Crippen molar-refractivity contribution in [2.24, 2.45) is 5.73 Å². The van der Waals surface area contributed by atoms with Gasteiger partial charge in [-0.05, 0) is 59.5 Å². The number of hydrogen-bond donors (Lipinski definition) is 1. The van der Waals surface area contributed by atoms with Crippen LogP contribution in [0, 0.1) is 6.92 Å². The van der Waals surface area contributed by atoms with Crippen LogP contribution in [0.3, 0.4) is 0 Å². The normalized spacial score (nSPS) is 12.2. The number of aromatic nitrogens is 2. The van der Waals surface area contributed by atoms with Crippen LogP contribution in [0.2, 0.25) is 0 Å². The highest BCUT2D eigenvalue weighted by atomic mass is 79.9. The van der Waals surface area contributed by atoms with Gasteiger partial charge in [0, 0.05) is 18.4 Å². The van der Waals surface area contributed by atoms with Crippen molar-refractivity contribution in [3.63, 3.8) is 0 Å². The first kappa shape index (κ1) is 14.0. The average Bonchev–Trinajstić information content (AvgIpc) is 2.34. The molecule has 2 aromatic rings. The van der Waals surface area contributed by atoms with Gasteiger partial charge in [-0.25, -0.2) is 9.97 Å². The molecule has 4 nitrogen and oxygen atoms in total. The van der Waals surface area contributed by atoms with Crippen molar-refractivity contribution < 1.29 is 4.74 Å². The molecule has 1 aromatic carbocycles. The van der Waals surface area contributed by atoms with Crippen LogP contribution in [0.15, 0.2) is 35.1 Å². The molecule has 0 amide bonds. The number of nitrogens with two attached hydrogens (primary N) is 1. The Balaban J connectivity index is 2.10. The number of rotatable bonds is 4. The summed E-state index contributed by atoms with van der Waals surface area (Å²) in [6, 6.07) is 6.28. The fourth-order valence-corrected chi connectivity index (χ4v) is 2.23. The number of aryl methyl sites for hydroxylation is 1. The van der Waals surface area contributed by atoms with Crippen molar-refractivity contribution in [1.29, 1.82) is 0 Å². The Labute approximate surface area is 121 Å². The standard InChI is InChI=1S/C14H16BrN3O/c1-9-3-4-13(12(15)5-9)19-14-17-7-11(8-18-14)6-10(2)16/h3-5,7-8,10H,6,16H2,1-2H3. The quantitative estimate of drug-likeness (QED) is 0.939. The van der Waals surface area contributed by atoms with Gasteiger partial charge >= 0.3 is 6.01 Å². The van der Waals surface area contributed by atoms with Crippen molar-refractivity contribution in [3.05, 3.63) is 46.2 Å². The topological polar surface area (TPSA) is 61.0 Å². The maximum Gasteiger partial charge on any atom is 0.321 e. The molecule has 0 spiro atoms. The number of halogens is 1. The lowest BCUT2D eigenvalue weighted by Crippen LogP contribution is -2.17. The monoisotopic (exact) mass is 321 g/mol. The third-order valence-electron chi connectivity index (χ3n) is 2.53. The summed E-state index contributed by atoms with van der Waals surface area (Å²) in [4.78, 5) is 8.36. The van der Waals surface area contributed by atoms with Crippen LogP contribution in [0.1, 0.15) is 18.1 Å². The molecule has 0 aliphatic rings. The maximum atomic E-state index is 5.73. The summed E-state index contributed by atoms with van der Waals surface area (Å²) >= 11 is 3.45. The Morgan fingerprint density at radius 3 is 2.58 bits per heavy atom. The minimum absolute atomic E-state index is 0.0987. The van der Waals surface area contributed by atoms with Crippen molar-refractivity contribution in [2.45, 2.75) is 26.3 Å². The van der Waals surface area contributed by atoms with Crippen molar-refractivity contribution in [1.82, 2.24) is 9.97 Å². The summed E-state index contributed by atoms with van der Waals surface area (Å²) in [6.45, 7) is 3.97.